The highest BCUT2D eigenvalue weighted by molar-refractivity contribution is 6.31. The number of carbonyl (C=O) groups excluding carboxylic acids is 1. The number of aromatic nitrogens is 2. The Kier molecular flexibility index (Phi) is 11.5. The number of nitrogens with one attached hydrogen (secondary N) is 2. The van der Waals surface area contributed by atoms with Gasteiger partial charge in [0.15, 0.2) is 0 Å². The molecular formula is C44H47Cl2N7O. The van der Waals surface area contributed by atoms with E-state index in [9.17, 15) is 4.79 Å². The van der Waals surface area contributed by atoms with Crippen molar-refractivity contribution in [1.29, 1.82) is 0 Å². The summed E-state index contributed by atoms with van der Waals surface area (Å²) < 4.78 is 0. The van der Waals surface area contributed by atoms with Gasteiger partial charge in [0.2, 0.25) is 0 Å². The smallest absolute Gasteiger partial charge is 0.317 e. The van der Waals surface area contributed by atoms with Crippen LogP contribution in [-0.2, 0) is 32.2 Å². The Bertz CT molecular complexity index is 2060. The lowest BCUT2D eigenvalue weighted by Crippen LogP contribution is -2.52. The first-order chi connectivity index (χ1) is 26.5. The number of amides is 2. The molecule has 4 aliphatic rings. The number of piperazine rings is 2. The highest BCUT2D eigenvalue weighted by Gasteiger charge is 2.34. The van der Waals surface area contributed by atoms with Gasteiger partial charge in [0, 0.05) is 81.3 Å². The van der Waals surface area contributed by atoms with Crippen molar-refractivity contribution in [2.75, 3.05) is 52.4 Å². The summed E-state index contributed by atoms with van der Waals surface area (Å²) in [5, 5.41) is 8.10. The van der Waals surface area contributed by atoms with Crippen molar-refractivity contribution in [3.05, 3.63) is 164 Å². The summed E-state index contributed by atoms with van der Waals surface area (Å²) in [5.74, 6) is 0. The predicted octanol–water partition coefficient (Wildman–Crippen LogP) is 7.28. The van der Waals surface area contributed by atoms with E-state index in [0.29, 0.717) is 19.6 Å². The molecule has 2 fully saturated rings. The number of rotatable bonds is 4. The van der Waals surface area contributed by atoms with Gasteiger partial charge in [-0.25, -0.2) is 4.79 Å². The summed E-state index contributed by atoms with van der Waals surface area (Å²) in [6, 6.07) is 31.5. The quantitative estimate of drug-likeness (QED) is 0.201. The average molecular weight is 761 g/mol. The van der Waals surface area contributed by atoms with Gasteiger partial charge in [0.25, 0.3) is 0 Å². The molecule has 8 nitrogen and oxygen atoms in total. The van der Waals surface area contributed by atoms with E-state index >= 15 is 0 Å². The van der Waals surface area contributed by atoms with Crippen molar-refractivity contribution >= 4 is 29.2 Å². The number of urea groups is 1. The van der Waals surface area contributed by atoms with Gasteiger partial charge in [-0.15, -0.1) is 0 Å². The van der Waals surface area contributed by atoms with Crippen molar-refractivity contribution in [3.8, 4) is 0 Å². The maximum Gasteiger partial charge on any atom is 0.317 e. The number of halogens is 2. The van der Waals surface area contributed by atoms with E-state index in [1.807, 2.05) is 65.8 Å². The standard InChI is InChI=1S/C26H27ClN4O.C18H20ClN3/c27-22-10-11-23-21(17-22)9-8-20-7-4-12-28-24(20)25(23)30-13-15-31(16-14-30)26(32)29-18-19-5-2-1-3-6-19;19-15-5-6-16-14(12-15)4-3-13-2-1-7-21-17(13)18(16)22-10-8-20-9-11-22/h1-7,10-12,17,25H,8-9,13-16,18H2,(H,29,32);1-2,5-7,12,18,20H,3-4,8-11H2. The lowest BCUT2D eigenvalue weighted by Gasteiger charge is -2.39. The molecule has 2 unspecified atom stereocenters. The van der Waals surface area contributed by atoms with Gasteiger partial charge in [-0.2, -0.15) is 0 Å². The van der Waals surface area contributed by atoms with E-state index in [0.717, 1.165) is 86.3 Å². The maximum atomic E-state index is 12.7. The molecule has 0 radical (unpaired) electrons. The van der Waals surface area contributed by atoms with E-state index in [4.69, 9.17) is 33.2 Å². The second-order valence-electron chi connectivity index (χ2n) is 14.5. The zero-order valence-electron chi connectivity index (χ0n) is 30.6. The first-order valence-electron chi connectivity index (χ1n) is 19.2. The van der Waals surface area contributed by atoms with Crippen molar-refractivity contribution < 1.29 is 4.79 Å². The number of hydrogen-bond donors (Lipinski definition) is 2. The SMILES string of the molecule is Clc1ccc2c(c1)CCc1cccnc1C2N1CCNCC1.O=C(NCc1ccccc1)N1CCN(C2c3ccc(Cl)cc3CCc3cccnc32)CC1. The van der Waals surface area contributed by atoms with E-state index in [1.54, 1.807) is 0 Å². The van der Waals surface area contributed by atoms with Gasteiger partial charge >= 0.3 is 6.03 Å². The molecule has 0 bridgehead atoms. The second kappa shape index (κ2) is 17.0. The van der Waals surface area contributed by atoms with Crippen LogP contribution >= 0.6 is 23.2 Å². The largest absolute Gasteiger partial charge is 0.334 e. The number of pyridine rings is 2. The molecule has 3 aromatic carbocycles. The van der Waals surface area contributed by atoms with Crippen LogP contribution in [0, 0.1) is 0 Å². The minimum atomic E-state index is 0.0000709. The molecule has 0 saturated carbocycles. The number of benzene rings is 3. The first-order valence-corrected chi connectivity index (χ1v) is 20.0. The number of hydrogen-bond acceptors (Lipinski definition) is 6. The summed E-state index contributed by atoms with van der Waals surface area (Å²) in [6.45, 7) is 7.76. The van der Waals surface area contributed by atoms with Crippen molar-refractivity contribution in [2.45, 2.75) is 44.3 Å². The summed E-state index contributed by atoms with van der Waals surface area (Å²) >= 11 is 12.6. The Balaban J connectivity index is 0.000000164. The van der Waals surface area contributed by atoms with Gasteiger partial charge in [0.1, 0.15) is 0 Å². The molecule has 2 aliphatic carbocycles. The fraction of sp³-hybridized carbons (Fsp3) is 0.341. The summed E-state index contributed by atoms with van der Waals surface area (Å²) in [6.07, 6.45) is 7.83. The summed E-state index contributed by atoms with van der Waals surface area (Å²) in [4.78, 5) is 29.2. The minimum Gasteiger partial charge on any atom is -0.334 e. The van der Waals surface area contributed by atoms with Gasteiger partial charge in [0.05, 0.1) is 23.5 Å². The van der Waals surface area contributed by atoms with E-state index < -0.39 is 0 Å². The number of nitrogens with zero attached hydrogens (tertiary/aromatic N) is 5. The molecular weight excluding hydrogens is 713 g/mol. The third-order valence-corrected chi connectivity index (χ3v) is 11.7. The minimum absolute atomic E-state index is 0.0000709. The number of fused-ring (bicyclic) bond motifs is 4. The molecule has 54 heavy (non-hydrogen) atoms. The van der Waals surface area contributed by atoms with E-state index in [1.165, 1.54) is 39.1 Å². The molecule has 2 amide bonds. The first kappa shape index (κ1) is 36.7. The van der Waals surface area contributed by atoms with Crippen LogP contribution in [-0.4, -0.2) is 83.1 Å². The lowest BCUT2D eigenvalue weighted by atomic mass is 9.96. The maximum absolute atomic E-state index is 12.7. The zero-order valence-corrected chi connectivity index (χ0v) is 32.1. The van der Waals surface area contributed by atoms with Crippen LogP contribution in [0.1, 0.15) is 62.4 Å². The third-order valence-electron chi connectivity index (χ3n) is 11.3. The number of carbonyl (C=O) groups is 1. The Morgan fingerprint density at radius 1 is 0.630 bits per heavy atom. The predicted molar refractivity (Wildman–Crippen MR) is 216 cm³/mol. The van der Waals surface area contributed by atoms with Crippen molar-refractivity contribution in [3.63, 3.8) is 0 Å². The molecule has 4 heterocycles. The Labute approximate surface area is 328 Å². The fourth-order valence-corrected chi connectivity index (χ4v) is 8.90. The molecule has 2 aromatic heterocycles. The Hall–Kier alpha value is -4.31. The number of aryl methyl sites for hydroxylation is 4. The van der Waals surface area contributed by atoms with Gasteiger partial charge in [-0.05, 0) is 101 Å². The summed E-state index contributed by atoms with van der Waals surface area (Å²) in [7, 11) is 0. The van der Waals surface area contributed by atoms with E-state index in [-0.39, 0.29) is 18.1 Å². The lowest BCUT2D eigenvalue weighted by molar-refractivity contribution is 0.118. The Morgan fingerprint density at radius 2 is 1.15 bits per heavy atom. The third kappa shape index (κ3) is 8.19. The molecule has 278 valence electrons. The van der Waals surface area contributed by atoms with Crippen molar-refractivity contribution in [2.24, 2.45) is 0 Å². The fourth-order valence-electron chi connectivity index (χ4n) is 8.51. The van der Waals surface area contributed by atoms with Crippen LogP contribution in [0.4, 0.5) is 4.79 Å². The van der Waals surface area contributed by atoms with Crippen molar-refractivity contribution in [1.82, 2.24) is 35.3 Å². The van der Waals surface area contributed by atoms with Gasteiger partial charge < -0.3 is 15.5 Å². The summed E-state index contributed by atoms with van der Waals surface area (Å²) in [5.41, 5.74) is 11.5. The van der Waals surface area contributed by atoms with Crippen LogP contribution < -0.4 is 10.6 Å². The molecule has 9 rings (SSSR count). The zero-order chi connectivity index (χ0) is 36.9. The van der Waals surface area contributed by atoms with Crippen LogP contribution in [0.2, 0.25) is 10.0 Å². The monoisotopic (exact) mass is 759 g/mol. The average Bonchev–Trinajstić information content (AvgIpc) is 3.48. The van der Waals surface area contributed by atoms with Crippen LogP contribution in [0.3, 0.4) is 0 Å². The molecule has 0 spiro atoms. The molecule has 10 heteroatoms. The molecule has 2 N–H and O–H groups in total. The Morgan fingerprint density at radius 3 is 1.70 bits per heavy atom. The van der Waals surface area contributed by atoms with Crippen LogP contribution in [0.5, 0.6) is 0 Å². The van der Waals surface area contributed by atoms with E-state index in [2.05, 4.69) is 62.9 Å². The normalized spacial score (nSPS) is 19.8. The van der Waals surface area contributed by atoms with Gasteiger partial charge in [-0.3, -0.25) is 19.8 Å². The topological polar surface area (TPSA) is 76.6 Å². The highest BCUT2D eigenvalue weighted by Crippen LogP contribution is 2.38. The molecule has 2 aliphatic heterocycles. The van der Waals surface area contributed by atoms with Crippen LogP contribution in [0.15, 0.2) is 103 Å². The molecule has 2 atom stereocenters. The van der Waals surface area contributed by atoms with Crippen LogP contribution in [0.25, 0.3) is 0 Å². The van der Waals surface area contributed by atoms with Gasteiger partial charge in [-0.1, -0.05) is 77.8 Å². The molecule has 2 saturated heterocycles. The highest BCUT2D eigenvalue weighted by atomic mass is 35.5. The second-order valence-corrected chi connectivity index (χ2v) is 15.4. The molecule has 5 aromatic rings.